The van der Waals surface area contributed by atoms with Gasteiger partial charge in [0.2, 0.25) is 5.91 Å². The molecule has 158 valence electrons. The number of esters is 1. The molecule has 0 bridgehead atoms. The summed E-state index contributed by atoms with van der Waals surface area (Å²) < 4.78 is 5.48. The Balaban J connectivity index is 1.91. The summed E-state index contributed by atoms with van der Waals surface area (Å²) in [6.45, 7) is 2.87. The van der Waals surface area contributed by atoms with Crippen molar-refractivity contribution in [3.8, 4) is 11.5 Å². The molecule has 3 aromatic rings. The molecule has 0 aromatic heterocycles. The maximum absolute atomic E-state index is 12.7. The highest BCUT2D eigenvalue weighted by atomic mass is 31.1. The first kappa shape index (κ1) is 21.0. The first-order valence-electron chi connectivity index (χ1n) is 9.92. The van der Waals surface area contributed by atoms with Crippen molar-refractivity contribution in [2.24, 2.45) is 0 Å². The van der Waals surface area contributed by atoms with Crippen molar-refractivity contribution in [2.75, 3.05) is 0 Å². The Morgan fingerprint density at radius 3 is 2.16 bits per heavy atom. The molecule has 1 saturated heterocycles. The molecule has 0 aliphatic carbocycles. The van der Waals surface area contributed by atoms with Crippen LogP contribution in [0.2, 0.25) is 0 Å². The average molecular weight is 434 g/mol. The van der Waals surface area contributed by atoms with Crippen LogP contribution in [-0.4, -0.2) is 22.0 Å². The van der Waals surface area contributed by atoms with E-state index >= 15 is 0 Å². The summed E-state index contributed by atoms with van der Waals surface area (Å²) in [4.78, 5) is 24.4. The zero-order valence-electron chi connectivity index (χ0n) is 17.2. The number of aromatic hydroxyl groups is 1. The number of carbonyl (C=O) groups excluding carboxylic acids is 2. The lowest BCUT2D eigenvalue weighted by atomic mass is 10.2. The van der Waals surface area contributed by atoms with Crippen molar-refractivity contribution in [1.29, 1.82) is 0 Å². The summed E-state index contributed by atoms with van der Waals surface area (Å²) >= 11 is 0. The molecule has 1 heterocycles. The van der Waals surface area contributed by atoms with Gasteiger partial charge in [0.05, 0.1) is 5.78 Å². The fraction of sp³-hybridized carbons (Fsp3) is 0.167. The van der Waals surface area contributed by atoms with Crippen LogP contribution in [0.4, 0.5) is 0 Å². The number of hydrogen-bond acceptors (Lipinski definition) is 5. The van der Waals surface area contributed by atoms with Crippen LogP contribution in [0, 0.1) is 0 Å². The highest BCUT2D eigenvalue weighted by molar-refractivity contribution is 7.66. The molecule has 1 aliphatic rings. The molecule has 4 rings (SSSR count). The van der Waals surface area contributed by atoms with Crippen LogP contribution in [-0.2, 0) is 9.59 Å². The lowest BCUT2D eigenvalue weighted by molar-refractivity contribution is -0.133. The third-order valence-corrected chi connectivity index (χ3v) is 8.00. The molecule has 1 aliphatic heterocycles. The van der Waals surface area contributed by atoms with Gasteiger partial charge in [-0.15, -0.1) is 0 Å². The number of para-hydroxylation sites is 2. The van der Waals surface area contributed by atoms with E-state index in [0.717, 1.165) is 10.9 Å². The zero-order valence-corrected chi connectivity index (χ0v) is 18.1. The highest BCUT2D eigenvalue weighted by Gasteiger charge is 2.46. The van der Waals surface area contributed by atoms with Gasteiger partial charge in [-0.2, -0.15) is 0 Å². The van der Waals surface area contributed by atoms with E-state index in [9.17, 15) is 14.7 Å². The number of carbonyl (C=O) groups is 2. The fourth-order valence-corrected chi connectivity index (χ4v) is 6.99. The Bertz CT molecular complexity index is 1110. The van der Waals surface area contributed by atoms with Gasteiger partial charge in [0.25, 0.3) is 0 Å². The van der Waals surface area contributed by atoms with Crippen molar-refractivity contribution in [2.45, 2.75) is 25.4 Å². The van der Waals surface area contributed by atoms with Gasteiger partial charge in [0.15, 0.2) is 0 Å². The van der Waals surface area contributed by atoms with Crippen LogP contribution >= 0.6 is 7.92 Å². The first-order chi connectivity index (χ1) is 15.0. The molecule has 1 amide bonds. The van der Waals surface area contributed by atoms with Crippen molar-refractivity contribution in [3.63, 3.8) is 0 Å². The molecule has 1 fully saturated rings. The number of phenolic OH excluding ortho intramolecular Hbond substituents is 1. The number of hydrazine groups is 1. The van der Waals surface area contributed by atoms with E-state index in [4.69, 9.17) is 4.74 Å². The lowest BCUT2D eigenvalue weighted by Gasteiger charge is -2.28. The third kappa shape index (κ3) is 4.18. The Morgan fingerprint density at radius 1 is 0.903 bits per heavy atom. The first-order valence-corrected chi connectivity index (χ1v) is 11.4. The SMILES string of the molecule is CC(=O)Oc1ccccc1[C@H]1NN(C(C)=O)[C@H](c2ccccc2O)[P@]1c1ccccc1. The van der Waals surface area contributed by atoms with Crippen molar-refractivity contribution >= 4 is 25.1 Å². The lowest BCUT2D eigenvalue weighted by Crippen LogP contribution is -2.37. The van der Waals surface area contributed by atoms with E-state index in [0.29, 0.717) is 11.3 Å². The molecule has 2 N–H and O–H groups in total. The van der Waals surface area contributed by atoms with Gasteiger partial charge in [-0.05, 0) is 25.4 Å². The molecule has 3 atom stereocenters. The predicted molar refractivity (Wildman–Crippen MR) is 120 cm³/mol. The summed E-state index contributed by atoms with van der Waals surface area (Å²) in [6, 6.07) is 24.4. The van der Waals surface area contributed by atoms with Crippen molar-refractivity contribution in [3.05, 3.63) is 90.0 Å². The highest BCUT2D eigenvalue weighted by Crippen LogP contribution is 2.66. The summed E-state index contributed by atoms with van der Waals surface area (Å²) in [5, 5.41) is 13.3. The van der Waals surface area contributed by atoms with Crippen molar-refractivity contribution in [1.82, 2.24) is 10.4 Å². The van der Waals surface area contributed by atoms with Crippen LogP contribution in [0.15, 0.2) is 78.9 Å². The molecular weight excluding hydrogens is 411 g/mol. The Morgan fingerprint density at radius 2 is 1.52 bits per heavy atom. The molecule has 6 nitrogen and oxygen atoms in total. The number of benzene rings is 3. The van der Waals surface area contributed by atoms with E-state index in [2.05, 4.69) is 5.43 Å². The average Bonchev–Trinajstić information content (AvgIpc) is 3.15. The molecule has 0 radical (unpaired) electrons. The quantitative estimate of drug-likeness (QED) is 0.366. The van der Waals surface area contributed by atoms with Gasteiger partial charge in [0.1, 0.15) is 17.3 Å². The second-order valence-electron chi connectivity index (χ2n) is 7.23. The minimum absolute atomic E-state index is 0.137. The summed E-state index contributed by atoms with van der Waals surface area (Å²) in [5.41, 5.74) is 4.82. The number of amides is 1. The number of nitrogens with one attached hydrogen (secondary N) is 1. The fourth-order valence-electron chi connectivity index (χ4n) is 3.85. The predicted octanol–water partition coefficient (Wildman–Crippen LogP) is 4.19. The normalized spacial score (nSPS) is 20.5. The summed E-state index contributed by atoms with van der Waals surface area (Å²) in [5.74, 6) is -0.678. The monoisotopic (exact) mass is 434 g/mol. The Kier molecular flexibility index (Phi) is 6.03. The maximum atomic E-state index is 12.7. The number of nitrogens with zero attached hydrogens (tertiary/aromatic N) is 1. The molecule has 7 heteroatoms. The number of ether oxygens (including phenoxy) is 1. The smallest absolute Gasteiger partial charge is 0.308 e. The number of rotatable bonds is 4. The number of hydrogen-bond donors (Lipinski definition) is 2. The third-order valence-electron chi connectivity index (χ3n) is 5.12. The molecule has 3 aromatic carbocycles. The molecule has 0 unspecified atom stereocenters. The van der Waals surface area contributed by atoms with Crippen LogP contribution in [0.3, 0.4) is 0 Å². The van der Waals surface area contributed by atoms with E-state index in [-0.39, 0.29) is 17.4 Å². The molecule has 31 heavy (non-hydrogen) atoms. The van der Waals surface area contributed by atoms with Gasteiger partial charge in [-0.1, -0.05) is 66.7 Å². The van der Waals surface area contributed by atoms with Gasteiger partial charge >= 0.3 is 5.97 Å². The van der Waals surface area contributed by atoms with Crippen LogP contribution < -0.4 is 15.5 Å². The van der Waals surface area contributed by atoms with E-state index in [1.807, 2.05) is 60.7 Å². The van der Waals surface area contributed by atoms with E-state index in [1.54, 1.807) is 23.2 Å². The number of phenols is 1. The molecule has 0 saturated carbocycles. The second-order valence-corrected chi connectivity index (χ2v) is 9.56. The summed E-state index contributed by atoms with van der Waals surface area (Å²) in [7, 11) is -1.11. The maximum Gasteiger partial charge on any atom is 0.308 e. The minimum atomic E-state index is -1.11. The van der Waals surface area contributed by atoms with Gasteiger partial charge in [-0.25, -0.2) is 5.43 Å². The Labute approximate surface area is 182 Å². The van der Waals surface area contributed by atoms with Crippen LogP contribution in [0.5, 0.6) is 11.5 Å². The van der Waals surface area contributed by atoms with Gasteiger partial charge < -0.3 is 9.84 Å². The van der Waals surface area contributed by atoms with Crippen LogP contribution in [0.1, 0.15) is 36.5 Å². The van der Waals surface area contributed by atoms with Crippen molar-refractivity contribution < 1.29 is 19.4 Å². The van der Waals surface area contributed by atoms with E-state index in [1.165, 1.54) is 13.8 Å². The summed E-state index contributed by atoms with van der Waals surface area (Å²) in [6.07, 6.45) is 0. The standard InChI is InChI=1S/C24H23N2O4P/c1-16(27)26-24(19-12-6-8-14-21(19)29)31(18-10-4-3-5-11-18)23(25-26)20-13-7-9-15-22(20)30-17(2)28/h3-15,23-25,29H,1-2H3/t23-,24-,31+/m0/s1. The molecular formula is C24H23N2O4P. The molecule has 0 spiro atoms. The van der Waals surface area contributed by atoms with Gasteiger partial charge in [0, 0.05) is 25.0 Å². The van der Waals surface area contributed by atoms with E-state index < -0.39 is 19.7 Å². The topological polar surface area (TPSA) is 78.9 Å². The zero-order chi connectivity index (χ0) is 22.0. The van der Waals surface area contributed by atoms with Crippen LogP contribution in [0.25, 0.3) is 0 Å². The second kappa shape index (κ2) is 8.88. The Hall–Kier alpha value is -3.21. The van der Waals surface area contributed by atoms with Gasteiger partial charge in [-0.3, -0.25) is 14.6 Å². The minimum Gasteiger partial charge on any atom is -0.508 e. The largest absolute Gasteiger partial charge is 0.508 e.